The van der Waals surface area contributed by atoms with Crippen LogP contribution in [0, 0.1) is 5.82 Å². The Hall–Kier alpha value is -2.52. The number of rotatable bonds is 6. The van der Waals surface area contributed by atoms with Gasteiger partial charge in [0.1, 0.15) is 18.1 Å². The molecule has 7 nitrogen and oxygen atoms in total. The molecule has 1 heterocycles. The Labute approximate surface area is 180 Å². The summed E-state index contributed by atoms with van der Waals surface area (Å²) in [6.07, 6.45) is 1.04. The number of methoxy groups -OCH3 is 1. The van der Waals surface area contributed by atoms with Crippen molar-refractivity contribution in [3.8, 4) is 5.75 Å². The fourth-order valence-electron chi connectivity index (χ4n) is 3.34. The maximum absolute atomic E-state index is 14.0. The van der Waals surface area contributed by atoms with Gasteiger partial charge in [-0.3, -0.25) is 9.10 Å². The van der Waals surface area contributed by atoms with Crippen LogP contribution < -0.4 is 13.9 Å². The highest BCUT2D eigenvalue weighted by Crippen LogP contribution is 2.30. The van der Waals surface area contributed by atoms with Gasteiger partial charge in [0.25, 0.3) is 0 Å². The lowest BCUT2D eigenvalue weighted by molar-refractivity contribution is -0.129. The van der Waals surface area contributed by atoms with Crippen LogP contribution in [0.25, 0.3) is 0 Å². The molecular formula is C20H23ClFN3O4S. The van der Waals surface area contributed by atoms with Gasteiger partial charge in [0.15, 0.2) is 0 Å². The van der Waals surface area contributed by atoms with Crippen molar-refractivity contribution in [3.63, 3.8) is 0 Å². The first kappa shape index (κ1) is 22.2. The largest absolute Gasteiger partial charge is 0.495 e. The third kappa shape index (κ3) is 4.96. The summed E-state index contributed by atoms with van der Waals surface area (Å²) in [5.74, 6) is -0.234. The smallest absolute Gasteiger partial charge is 0.243 e. The number of halogens is 2. The summed E-state index contributed by atoms with van der Waals surface area (Å²) >= 11 is 6.12. The van der Waals surface area contributed by atoms with Gasteiger partial charge in [0.05, 0.1) is 29.8 Å². The fourth-order valence-corrected chi connectivity index (χ4v) is 4.43. The van der Waals surface area contributed by atoms with E-state index in [1.807, 2.05) is 4.90 Å². The molecule has 10 heteroatoms. The maximum Gasteiger partial charge on any atom is 0.243 e. The van der Waals surface area contributed by atoms with Gasteiger partial charge in [-0.2, -0.15) is 0 Å². The average Bonchev–Trinajstić information content (AvgIpc) is 2.71. The molecule has 0 radical (unpaired) electrons. The quantitative estimate of drug-likeness (QED) is 0.669. The van der Waals surface area contributed by atoms with Crippen LogP contribution in [0.15, 0.2) is 42.5 Å². The van der Waals surface area contributed by atoms with Crippen molar-refractivity contribution < 1.29 is 22.3 Å². The topological polar surface area (TPSA) is 70.2 Å². The van der Waals surface area contributed by atoms with Crippen molar-refractivity contribution in [1.82, 2.24) is 4.90 Å². The van der Waals surface area contributed by atoms with Crippen molar-refractivity contribution in [2.24, 2.45) is 0 Å². The van der Waals surface area contributed by atoms with Crippen molar-refractivity contribution in [1.29, 1.82) is 0 Å². The molecule has 0 aliphatic carbocycles. The van der Waals surface area contributed by atoms with Crippen molar-refractivity contribution in [3.05, 3.63) is 53.3 Å². The van der Waals surface area contributed by atoms with E-state index in [2.05, 4.69) is 0 Å². The summed E-state index contributed by atoms with van der Waals surface area (Å²) in [7, 11) is -2.26. The summed E-state index contributed by atoms with van der Waals surface area (Å²) in [5.41, 5.74) is 0.775. The highest BCUT2D eigenvalue weighted by atomic mass is 35.5. The number of hydrogen-bond donors (Lipinski definition) is 0. The number of carbonyl (C=O) groups is 1. The summed E-state index contributed by atoms with van der Waals surface area (Å²) < 4.78 is 44.7. The Kier molecular flexibility index (Phi) is 6.72. The van der Waals surface area contributed by atoms with Crippen LogP contribution in [0.2, 0.25) is 5.02 Å². The number of nitrogens with zero attached hydrogens (tertiary/aromatic N) is 3. The van der Waals surface area contributed by atoms with Crippen LogP contribution in [0.4, 0.5) is 15.8 Å². The number of ether oxygens (including phenoxy) is 1. The van der Waals surface area contributed by atoms with Crippen LogP contribution in [0.1, 0.15) is 0 Å². The summed E-state index contributed by atoms with van der Waals surface area (Å²) in [6.45, 7) is 1.31. The van der Waals surface area contributed by atoms with E-state index in [9.17, 15) is 17.6 Å². The van der Waals surface area contributed by atoms with Gasteiger partial charge in [-0.15, -0.1) is 0 Å². The zero-order valence-corrected chi connectivity index (χ0v) is 18.3. The van der Waals surface area contributed by atoms with Crippen molar-refractivity contribution in [2.45, 2.75) is 0 Å². The first-order valence-corrected chi connectivity index (χ1v) is 11.5. The molecule has 162 valence electrons. The number of benzene rings is 2. The van der Waals surface area contributed by atoms with E-state index in [-0.39, 0.29) is 29.0 Å². The van der Waals surface area contributed by atoms with Crippen LogP contribution in [-0.4, -0.2) is 65.3 Å². The number of sulfonamides is 1. The molecule has 2 aromatic carbocycles. The molecule has 0 N–H and O–H groups in total. The van der Waals surface area contributed by atoms with Crippen LogP contribution in [0.5, 0.6) is 5.75 Å². The van der Waals surface area contributed by atoms with E-state index >= 15 is 0 Å². The molecule has 0 atom stereocenters. The lowest BCUT2D eigenvalue weighted by Crippen LogP contribution is -2.52. The molecule has 1 aliphatic heterocycles. The minimum absolute atomic E-state index is 0.245. The molecule has 3 rings (SSSR count). The number of anilines is 2. The number of hydrogen-bond acceptors (Lipinski definition) is 5. The normalized spacial score (nSPS) is 14.5. The monoisotopic (exact) mass is 455 g/mol. The zero-order valence-electron chi connectivity index (χ0n) is 16.7. The van der Waals surface area contributed by atoms with E-state index in [0.29, 0.717) is 37.6 Å². The first-order chi connectivity index (χ1) is 14.2. The molecule has 1 fully saturated rings. The Bertz CT molecular complexity index is 1030. The minimum atomic E-state index is -3.72. The molecule has 0 saturated carbocycles. The second kappa shape index (κ2) is 9.09. The van der Waals surface area contributed by atoms with Gasteiger partial charge in [-0.1, -0.05) is 23.7 Å². The molecule has 0 spiro atoms. The van der Waals surface area contributed by atoms with Crippen LogP contribution in [-0.2, 0) is 14.8 Å². The summed E-state index contributed by atoms with van der Waals surface area (Å²) in [6, 6.07) is 11.0. The molecule has 0 bridgehead atoms. The van der Waals surface area contributed by atoms with Gasteiger partial charge >= 0.3 is 0 Å². The van der Waals surface area contributed by atoms with Crippen molar-refractivity contribution >= 4 is 38.9 Å². The lowest BCUT2D eigenvalue weighted by atomic mass is 10.2. The molecular weight excluding hydrogens is 433 g/mol. The zero-order chi connectivity index (χ0) is 21.9. The molecule has 2 aromatic rings. The van der Waals surface area contributed by atoms with E-state index in [1.165, 1.54) is 25.3 Å². The lowest BCUT2D eigenvalue weighted by Gasteiger charge is -2.37. The molecule has 1 saturated heterocycles. The number of carbonyl (C=O) groups excluding carboxylic acids is 1. The number of piperazine rings is 1. The van der Waals surface area contributed by atoms with Gasteiger partial charge in [-0.05, 0) is 30.3 Å². The third-order valence-corrected chi connectivity index (χ3v) is 6.36. The van der Waals surface area contributed by atoms with Gasteiger partial charge in [-0.25, -0.2) is 12.8 Å². The Morgan fingerprint density at radius 3 is 2.40 bits per heavy atom. The molecule has 0 unspecified atom stereocenters. The van der Waals surface area contributed by atoms with Gasteiger partial charge in [0, 0.05) is 26.2 Å². The predicted molar refractivity (Wildman–Crippen MR) is 115 cm³/mol. The second-order valence-electron chi connectivity index (χ2n) is 6.91. The highest BCUT2D eigenvalue weighted by Gasteiger charge is 2.27. The number of amides is 1. The average molecular weight is 456 g/mol. The Morgan fingerprint density at radius 1 is 1.17 bits per heavy atom. The third-order valence-electron chi connectivity index (χ3n) is 4.93. The van der Waals surface area contributed by atoms with Crippen molar-refractivity contribution in [2.75, 3.05) is 55.3 Å². The predicted octanol–water partition coefficient (Wildman–Crippen LogP) is 2.60. The SMILES string of the molecule is COc1ccc(N(CC(=O)N2CCN(c3ccccc3F)CC2)S(C)(=O)=O)cc1Cl. The fraction of sp³-hybridized carbons (Fsp3) is 0.350. The van der Waals surface area contributed by atoms with Gasteiger partial charge < -0.3 is 14.5 Å². The molecule has 0 aromatic heterocycles. The Balaban J connectivity index is 1.70. The highest BCUT2D eigenvalue weighted by molar-refractivity contribution is 7.92. The molecule has 30 heavy (non-hydrogen) atoms. The number of para-hydroxylation sites is 1. The van der Waals surface area contributed by atoms with E-state index in [0.717, 1.165) is 10.6 Å². The summed E-state index contributed by atoms with van der Waals surface area (Å²) in [4.78, 5) is 16.3. The van der Waals surface area contributed by atoms with Crippen LogP contribution >= 0.6 is 11.6 Å². The molecule has 1 aliphatic rings. The first-order valence-electron chi connectivity index (χ1n) is 9.29. The van der Waals surface area contributed by atoms with E-state index in [4.69, 9.17) is 16.3 Å². The Morgan fingerprint density at radius 2 is 1.83 bits per heavy atom. The second-order valence-corrected chi connectivity index (χ2v) is 9.22. The van der Waals surface area contributed by atoms with Crippen LogP contribution in [0.3, 0.4) is 0 Å². The van der Waals surface area contributed by atoms with E-state index < -0.39 is 10.0 Å². The minimum Gasteiger partial charge on any atom is -0.495 e. The summed E-state index contributed by atoms with van der Waals surface area (Å²) in [5, 5.41) is 0.245. The van der Waals surface area contributed by atoms with Gasteiger partial charge in [0.2, 0.25) is 15.9 Å². The molecule has 1 amide bonds. The standard InChI is InChI=1S/C20H23ClFN3O4S/c1-29-19-8-7-15(13-16(19)21)25(30(2,27)28)14-20(26)24-11-9-23(10-12-24)18-6-4-3-5-17(18)22/h3-8,13H,9-12,14H2,1-2H3. The van der Waals surface area contributed by atoms with E-state index in [1.54, 1.807) is 29.2 Å². The maximum atomic E-state index is 14.0.